The van der Waals surface area contributed by atoms with Crippen LogP contribution in [0.5, 0.6) is 11.5 Å². The normalized spacial score (nSPS) is 13.8. The Labute approximate surface area is 131 Å². The van der Waals surface area contributed by atoms with Crippen LogP contribution in [0.1, 0.15) is 24.2 Å². The lowest BCUT2D eigenvalue weighted by molar-refractivity contribution is -0.385. The number of nitrogens with one attached hydrogen (secondary N) is 1. The Morgan fingerprint density at radius 2 is 1.96 bits per heavy atom. The number of nitro groups is 1. The fourth-order valence-electron chi connectivity index (χ4n) is 1.99. The van der Waals surface area contributed by atoms with Crippen LogP contribution >= 0.6 is 0 Å². The van der Waals surface area contributed by atoms with Crippen LogP contribution in [0.25, 0.3) is 0 Å². The summed E-state index contributed by atoms with van der Waals surface area (Å²) in [5.41, 5.74) is -0.766. The van der Waals surface area contributed by atoms with Crippen molar-refractivity contribution in [3.8, 4) is 11.5 Å². The number of hydrogen-bond donors (Lipinski definition) is 1. The molecule has 1 aliphatic rings. The number of esters is 1. The van der Waals surface area contributed by atoms with Crippen LogP contribution in [0.3, 0.4) is 0 Å². The van der Waals surface area contributed by atoms with Gasteiger partial charge < -0.3 is 19.5 Å². The largest absolute Gasteiger partial charge is 0.486 e. The van der Waals surface area contributed by atoms with E-state index in [0.29, 0.717) is 6.54 Å². The van der Waals surface area contributed by atoms with Gasteiger partial charge in [0.1, 0.15) is 18.8 Å². The summed E-state index contributed by atoms with van der Waals surface area (Å²) in [5.74, 6) is -1.05. The van der Waals surface area contributed by atoms with Crippen molar-refractivity contribution >= 4 is 17.6 Å². The van der Waals surface area contributed by atoms with Gasteiger partial charge in [0, 0.05) is 12.6 Å². The van der Waals surface area contributed by atoms with Gasteiger partial charge in [-0.25, -0.2) is 4.79 Å². The highest BCUT2D eigenvalue weighted by atomic mass is 16.6. The standard InChI is InChI=1S/C14H16N2O7/c1-3-15-13(17)8(2)23-14(18)9-6-11-12(22-5-4-21-11)7-10(9)16(19)20/h6-8H,3-5H2,1-2H3,(H,15,17)/t8-/m0/s1. The Bertz CT molecular complexity index is 644. The topological polar surface area (TPSA) is 117 Å². The number of fused-ring (bicyclic) bond motifs is 1. The maximum Gasteiger partial charge on any atom is 0.346 e. The minimum absolute atomic E-state index is 0.191. The van der Waals surface area contributed by atoms with E-state index < -0.39 is 28.6 Å². The van der Waals surface area contributed by atoms with E-state index in [1.807, 2.05) is 0 Å². The van der Waals surface area contributed by atoms with E-state index in [9.17, 15) is 19.7 Å². The zero-order chi connectivity index (χ0) is 17.0. The summed E-state index contributed by atoms with van der Waals surface area (Å²) in [6.07, 6.45) is -1.07. The molecule has 0 aliphatic carbocycles. The predicted octanol–water partition coefficient (Wildman–Crippen LogP) is 1.05. The molecule has 2 rings (SSSR count). The number of amides is 1. The molecule has 0 aromatic heterocycles. The number of carbonyl (C=O) groups excluding carboxylic acids is 2. The molecular weight excluding hydrogens is 308 g/mol. The second-order valence-electron chi connectivity index (χ2n) is 4.71. The molecule has 1 atom stereocenters. The van der Waals surface area contributed by atoms with Gasteiger partial charge in [0.15, 0.2) is 17.6 Å². The smallest absolute Gasteiger partial charge is 0.346 e. The maximum atomic E-state index is 12.2. The molecule has 9 heteroatoms. The zero-order valence-electron chi connectivity index (χ0n) is 12.7. The Balaban J connectivity index is 2.28. The quantitative estimate of drug-likeness (QED) is 0.488. The van der Waals surface area contributed by atoms with E-state index in [4.69, 9.17) is 14.2 Å². The van der Waals surface area contributed by atoms with E-state index in [0.717, 1.165) is 6.07 Å². The third-order valence-corrected chi connectivity index (χ3v) is 3.08. The first-order valence-corrected chi connectivity index (χ1v) is 7.00. The number of benzene rings is 1. The number of nitro benzene ring substituents is 1. The summed E-state index contributed by atoms with van der Waals surface area (Å²) >= 11 is 0. The van der Waals surface area contributed by atoms with Crippen molar-refractivity contribution in [1.82, 2.24) is 5.32 Å². The third-order valence-electron chi connectivity index (χ3n) is 3.08. The van der Waals surface area contributed by atoms with Crippen molar-refractivity contribution in [2.45, 2.75) is 20.0 Å². The first-order valence-electron chi connectivity index (χ1n) is 7.00. The van der Waals surface area contributed by atoms with Crippen molar-refractivity contribution in [2.24, 2.45) is 0 Å². The van der Waals surface area contributed by atoms with Gasteiger partial charge in [0.05, 0.1) is 11.0 Å². The van der Waals surface area contributed by atoms with Crippen LogP contribution in [-0.2, 0) is 9.53 Å². The van der Waals surface area contributed by atoms with E-state index in [-0.39, 0.29) is 30.3 Å². The Hall–Kier alpha value is -2.84. The highest BCUT2D eigenvalue weighted by Gasteiger charge is 2.29. The van der Waals surface area contributed by atoms with Crippen LogP contribution in [0.2, 0.25) is 0 Å². The van der Waals surface area contributed by atoms with Crippen molar-refractivity contribution in [2.75, 3.05) is 19.8 Å². The maximum absolute atomic E-state index is 12.2. The van der Waals surface area contributed by atoms with Gasteiger partial charge in [-0.05, 0) is 13.8 Å². The summed E-state index contributed by atoms with van der Waals surface area (Å²) in [6, 6.07) is 2.31. The minimum atomic E-state index is -1.07. The number of hydrogen-bond acceptors (Lipinski definition) is 7. The first kappa shape index (κ1) is 16.5. The van der Waals surface area contributed by atoms with Crippen LogP contribution in [0.15, 0.2) is 12.1 Å². The van der Waals surface area contributed by atoms with Crippen molar-refractivity contribution < 1.29 is 28.7 Å². The average Bonchev–Trinajstić information content (AvgIpc) is 2.53. The van der Waals surface area contributed by atoms with Crippen molar-refractivity contribution in [3.05, 3.63) is 27.8 Å². The molecular formula is C14H16N2O7. The number of rotatable bonds is 5. The molecule has 0 saturated carbocycles. The summed E-state index contributed by atoms with van der Waals surface area (Å²) in [4.78, 5) is 34.2. The molecule has 1 heterocycles. The predicted molar refractivity (Wildman–Crippen MR) is 77.6 cm³/mol. The molecule has 0 unspecified atom stereocenters. The van der Waals surface area contributed by atoms with Gasteiger partial charge in [-0.1, -0.05) is 0 Å². The molecule has 9 nitrogen and oxygen atoms in total. The van der Waals surface area contributed by atoms with Gasteiger partial charge in [-0.3, -0.25) is 14.9 Å². The Morgan fingerprint density at radius 3 is 2.52 bits per heavy atom. The Morgan fingerprint density at radius 1 is 1.35 bits per heavy atom. The Kier molecular flexibility index (Phi) is 4.99. The van der Waals surface area contributed by atoms with E-state index >= 15 is 0 Å². The van der Waals surface area contributed by atoms with Gasteiger partial charge in [0.25, 0.3) is 11.6 Å². The molecule has 0 fully saturated rings. The van der Waals surface area contributed by atoms with Crippen LogP contribution in [0.4, 0.5) is 5.69 Å². The van der Waals surface area contributed by atoms with Gasteiger partial charge in [-0.2, -0.15) is 0 Å². The molecule has 23 heavy (non-hydrogen) atoms. The molecule has 0 radical (unpaired) electrons. The van der Waals surface area contributed by atoms with Crippen LogP contribution in [-0.4, -0.2) is 42.7 Å². The van der Waals surface area contributed by atoms with Crippen molar-refractivity contribution in [1.29, 1.82) is 0 Å². The average molecular weight is 324 g/mol. The van der Waals surface area contributed by atoms with E-state index in [2.05, 4.69) is 5.32 Å². The number of nitrogens with zero attached hydrogens (tertiary/aromatic N) is 1. The summed E-state index contributed by atoms with van der Waals surface area (Å²) in [7, 11) is 0. The SMILES string of the molecule is CCNC(=O)[C@H](C)OC(=O)c1cc2c(cc1[N+](=O)[O-])OCCO2. The van der Waals surface area contributed by atoms with Gasteiger partial charge in [0.2, 0.25) is 0 Å². The molecule has 1 aromatic rings. The number of likely N-dealkylation sites (N-methyl/N-ethyl adjacent to an activating group) is 1. The molecule has 1 aliphatic heterocycles. The van der Waals surface area contributed by atoms with Gasteiger partial charge >= 0.3 is 5.97 Å². The molecule has 1 N–H and O–H groups in total. The number of carbonyl (C=O) groups is 2. The summed E-state index contributed by atoms with van der Waals surface area (Å²) < 4.78 is 15.5. The molecule has 124 valence electrons. The summed E-state index contributed by atoms with van der Waals surface area (Å²) in [5, 5.41) is 13.7. The summed E-state index contributed by atoms with van der Waals surface area (Å²) in [6.45, 7) is 4.02. The third kappa shape index (κ3) is 3.68. The van der Waals surface area contributed by atoms with E-state index in [1.165, 1.54) is 13.0 Å². The molecule has 0 saturated heterocycles. The number of ether oxygens (including phenoxy) is 3. The lowest BCUT2D eigenvalue weighted by Crippen LogP contribution is -2.35. The molecule has 0 bridgehead atoms. The monoisotopic (exact) mass is 324 g/mol. The second-order valence-corrected chi connectivity index (χ2v) is 4.71. The van der Waals surface area contributed by atoms with Crippen molar-refractivity contribution in [3.63, 3.8) is 0 Å². The lowest BCUT2D eigenvalue weighted by atomic mass is 10.1. The first-order chi connectivity index (χ1) is 10.9. The zero-order valence-corrected chi connectivity index (χ0v) is 12.7. The minimum Gasteiger partial charge on any atom is -0.486 e. The lowest BCUT2D eigenvalue weighted by Gasteiger charge is -2.19. The molecule has 1 aromatic carbocycles. The highest BCUT2D eigenvalue weighted by Crippen LogP contribution is 2.36. The molecule has 1 amide bonds. The van der Waals surface area contributed by atoms with E-state index in [1.54, 1.807) is 6.92 Å². The van der Waals surface area contributed by atoms with Crippen LogP contribution in [0, 0.1) is 10.1 Å². The molecule has 0 spiro atoms. The van der Waals surface area contributed by atoms with Gasteiger partial charge in [-0.15, -0.1) is 0 Å². The second kappa shape index (κ2) is 6.95. The fourth-order valence-corrected chi connectivity index (χ4v) is 1.99. The fraction of sp³-hybridized carbons (Fsp3) is 0.429. The van der Waals surface area contributed by atoms with Crippen LogP contribution < -0.4 is 14.8 Å². The highest BCUT2D eigenvalue weighted by molar-refractivity contribution is 5.96.